The Morgan fingerprint density at radius 3 is 2.81 bits per heavy atom. The molecular weight excluding hydrogens is 368 g/mol. The fourth-order valence-corrected chi connectivity index (χ4v) is 4.33. The summed E-state index contributed by atoms with van der Waals surface area (Å²) in [7, 11) is 3.30. The van der Waals surface area contributed by atoms with E-state index in [1.165, 1.54) is 19.2 Å². The monoisotopic (exact) mass is 386 g/mol. The van der Waals surface area contributed by atoms with Crippen molar-refractivity contribution in [1.29, 1.82) is 0 Å². The van der Waals surface area contributed by atoms with Gasteiger partial charge in [-0.25, -0.2) is 0 Å². The quantitative estimate of drug-likeness (QED) is 0.786. The molecule has 1 aromatic carbocycles. The van der Waals surface area contributed by atoms with Crippen LogP contribution >= 0.6 is 11.8 Å². The van der Waals surface area contributed by atoms with Crippen molar-refractivity contribution in [3.05, 3.63) is 46.1 Å². The van der Waals surface area contributed by atoms with Gasteiger partial charge in [-0.2, -0.15) is 16.9 Å². The van der Waals surface area contributed by atoms with Crippen LogP contribution in [-0.4, -0.2) is 52.7 Å². The van der Waals surface area contributed by atoms with Crippen LogP contribution in [0.3, 0.4) is 0 Å². The van der Waals surface area contributed by atoms with Gasteiger partial charge < -0.3 is 10.1 Å². The number of fused-ring (bicyclic) bond motifs is 2. The Labute approximate surface area is 159 Å². The number of carbonyl (C=O) groups excluding carboxylic acids is 3. The number of aromatic nitrogens is 2. The van der Waals surface area contributed by atoms with Crippen molar-refractivity contribution in [1.82, 2.24) is 14.7 Å². The summed E-state index contributed by atoms with van der Waals surface area (Å²) in [6.07, 6.45) is 0. The largest absolute Gasteiger partial charge is 0.383 e. The van der Waals surface area contributed by atoms with E-state index < -0.39 is 5.91 Å². The number of methoxy groups -OCH3 is 1. The van der Waals surface area contributed by atoms with Crippen LogP contribution in [0.25, 0.3) is 0 Å². The second-order valence-electron chi connectivity index (χ2n) is 6.36. The number of nitrogens with zero attached hydrogens (tertiary/aromatic N) is 3. The maximum atomic E-state index is 12.7. The summed E-state index contributed by atoms with van der Waals surface area (Å²) in [5.41, 5.74) is 2.90. The molecule has 2 aliphatic rings. The third-order valence-corrected chi connectivity index (χ3v) is 5.67. The molecule has 0 saturated heterocycles. The first-order chi connectivity index (χ1) is 13.0. The van der Waals surface area contributed by atoms with E-state index in [-0.39, 0.29) is 30.5 Å². The van der Waals surface area contributed by atoms with Gasteiger partial charge in [-0.1, -0.05) is 0 Å². The molecule has 0 fully saturated rings. The Bertz CT molecular complexity index is 969. The molecule has 9 heteroatoms. The molecule has 0 radical (unpaired) electrons. The summed E-state index contributed by atoms with van der Waals surface area (Å²) in [4.78, 5) is 38.7. The van der Waals surface area contributed by atoms with Gasteiger partial charge in [0.05, 0.1) is 30.0 Å². The molecule has 0 saturated carbocycles. The summed E-state index contributed by atoms with van der Waals surface area (Å²) in [5, 5.41) is 7.31. The molecule has 2 aliphatic heterocycles. The molecule has 2 aromatic rings. The van der Waals surface area contributed by atoms with Crippen molar-refractivity contribution in [2.75, 3.05) is 25.6 Å². The average Bonchev–Trinajstić information content (AvgIpc) is 3.29. The van der Waals surface area contributed by atoms with Crippen molar-refractivity contribution in [2.45, 2.75) is 11.5 Å². The molecule has 140 valence electrons. The minimum Gasteiger partial charge on any atom is -0.383 e. The van der Waals surface area contributed by atoms with Crippen LogP contribution in [0.15, 0.2) is 18.2 Å². The van der Waals surface area contributed by atoms with E-state index in [2.05, 4.69) is 10.4 Å². The molecule has 3 amide bonds. The van der Waals surface area contributed by atoms with Crippen LogP contribution in [0.4, 0.5) is 5.82 Å². The number of thioether (sulfide) groups is 1. The number of nitrogens with one attached hydrogen (secondary N) is 1. The van der Waals surface area contributed by atoms with Crippen LogP contribution in [0.1, 0.15) is 42.3 Å². The highest BCUT2D eigenvalue weighted by atomic mass is 32.2. The second kappa shape index (κ2) is 6.82. The zero-order chi connectivity index (χ0) is 19.1. The summed E-state index contributed by atoms with van der Waals surface area (Å²) in [6.45, 7) is 0.450. The molecule has 4 rings (SSSR count). The number of carbonyl (C=O) groups is 3. The van der Waals surface area contributed by atoms with Crippen molar-refractivity contribution in [3.8, 4) is 0 Å². The standard InChI is InChI=1S/C18H18N4O4S/c1-21-15(13-8-27-9-14(13)20-21)19-16(23)10-3-4-11-12(7-10)18(25)22(17(11)24)5-6-26-2/h3-4,7H,5-6,8-9H2,1-2H3,(H,19,23). The SMILES string of the molecule is COCCN1C(=O)c2ccc(C(=O)Nc3c4c(nn3C)CSC4)cc2C1=O. The maximum Gasteiger partial charge on any atom is 0.261 e. The number of hydrogen-bond donors (Lipinski definition) is 1. The van der Waals surface area contributed by atoms with E-state index in [0.717, 1.165) is 27.7 Å². The highest BCUT2D eigenvalue weighted by molar-refractivity contribution is 7.98. The van der Waals surface area contributed by atoms with Gasteiger partial charge >= 0.3 is 0 Å². The van der Waals surface area contributed by atoms with Gasteiger partial charge in [0.1, 0.15) is 5.82 Å². The molecule has 0 atom stereocenters. The van der Waals surface area contributed by atoms with Crippen molar-refractivity contribution < 1.29 is 19.1 Å². The van der Waals surface area contributed by atoms with Crippen molar-refractivity contribution in [2.24, 2.45) is 7.05 Å². The van der Waals surface area contributed by atoms with Gasteiger partial charge in [0.25, 0.3) is 17.7 Å². The van der Waals surface area contributed by atoms with E-state index in [1.54, 1.807) is 29.6 Å². The lowest BCUT2D eigenvalue weighted by atomic mass is 10.1. The molecule has 0 spiro atoms. The first-order valence-corrected chi connectivity index (χ1v) is 9.59. The number of amides is 3. The molecule has 1 aromatic heterocycles. The summed E-state index contributed by atoms with van der Waals surface area (Å²) in [5.74, 6) is 1.22. The Hall–Kier alpha value is -2.65. The summed E-state index contributed by atoms with van der Waals surface area (Å²) < 4.78 is 6.61. The van der Waals surface area contributed by atoms with Crippen LogP contribution < -0.4 is 5.32 Å². The second-order valence-corrected chi connectivity index (χ2v) is 7.35. The number of aryl methyl sites for hydroxylation is 1. The smallest absolute Gasteiger partial charge is 0.261 e. The van der Waals surface area contributed by atoms with Gasteiger partial charge in [-0.3, -0.25) is 24.0 Å². The van der Waals surface area contributed by atoms with Gasteiger partial charge in [-0.15, -0.1) is 0 Å². The number of ether oxygens (including phenoxy) is 1. The topological polar surface area (TPSA) is 93.5 Å². The molecule has 1 N–H and O–H groups in total. The van der Waals surface area contributed by atoms with E-state index in [1.807, 2.05) is 0 Å². The Balaban J connectivity index is 1.58. The average molecular weight is 386 g/mol. The van der Waals surface area contributed by atoms with Crippen LogP contribution in [0.2, 0.25) is 0 Å². The third-order valence-electron chi connectivity index (χ3n) is 4.70. The molecule has 27 heavy (non-hydrogen) atoms. The number of hydrogen-bond acceptors (Lipinski definition) is 6. The van der Waals surface area contributed by atoms with Crippen molar-refractivity contribution in [3.63, 3.8) is 0 Å². The Morgan fingerprint density at radius 1 is 1.26 bits per heavy atom. The predicted molar refractivity (Wildman–Crippen MR) is 99.8 cm³/mol. The first-order valence-electron chi connectivity index (χ1n) is 8.44. The third kappa shape index (κ3) is 2.92. The number of anilines is 1. The fourth-order valence-electron chi connectivity index (χ4n) is 3.29. The number of benzene rings is 1. The van der Waals surface area contributed by atoms with Crippen molar-refractivity contribution >= 4 is 35.3 Å². The van der Waals surface area contributed by atoms with E-state index >= 15 is 0 Å². The Morgan fingerprint density at radius 2 is 2.04 bits per heavy atom. The molecule has 3 heterocycles. The summed E-state index contributed by atoms with van der Waals surface area (Å²) >= 11 is 1.75. The highest BCUT2D eigenvalue weighted by Gasteiger charge is 2.35. The van der Waals surface area contributed by atoms with Gasteiger partial charge in [0.2, 0.25) is 0 Å². The zero-order valence-electron chi connectivity index (χ0n) is 14.9. The molecule has 0 unspecified atom stereocenters. The predicted octanol–water partition coefficient (Wildman–Crippen LogP) is 1.66. The maximum absolute atomic E-state index is 12.7. The Kier molecular flexibility index (Phi) is 4.48. The zero-order valence-corrected chi connectivity index (χ0v) is 15.8. The normalized spacial score (nSPS) is 15.3. The number of rotatable bonds is 5. The van der Waals surface area contributed by atoms with E-state index in [9.17, 15) is 14.4 Å². The molecular formula is C18H18N4O4S. The van der Waals surface area contributed by atoms with Gasteiger partial charge in [0, 0.05) is 36.8 Å². The van der Waals surface area contributed by atoms with Gasteiger partial charge in [0.15, 0.2) is 0 Å². The summed E-state index contributed by atoms with van der Waals surface area (Å²) in [6, 6.07) is 4.56. The van der Waals surface area contributed by atoms with E-state index in [4.69, 9.17) is 4.74 Å². The lowest BCUT2D eigenvalue weighted by Gasteiger charge is -2.12. The fraction of sp³-hybridized carbons (Fsp3) is 0.333. The van der Waals surface area contributed by atoms with Crippen LogP contribution in [0.5, 0.6) is 0 Å². The first kappa shape index (κ1) is 17.7. The molecule has 8 nitrogen and oxygen atoms in total. The van der Waals surface area contributed by atoms with Gasteiger partial charge in [-0.05, 0) is 18.2 Å². The van der Waals surface area contributed by atoms with E-state index in [0.29, 0.717) is 16.9 Å². The highest BCUT2D eigenvalue weighted by Crippen LogP contribution is 2.34. The molecule has 0 aliphatic carbocycles. The lowest BCUT2D eigenvalue weighted by molar-refractivity contribution is 0.0603. The van der Waals surface area contributed by atoms with Crippen LogP contribution in [-0.2, 0) is 23.3 Å². The minimum atomic E-state index is -0.403. The molecule has 0 bridgehead atoms. The number of imide groups is 1. The van der Waals surface area contributed by atoms with Crippen LogP contribution in [0, 0.1) is 0 Å². The lowest BCUT2D eigenvalue weighted by Crippen LogP contribution is -2.32. The minimum absolute atomic E-state index is 0.184.